The van der Waals surface area contributed by atoms with Gasteiger partial charge in [0.25, 0.3) is 5.91 Å². The van der Waals surface area contributed by atoms with E-state index in [2.05, 4.69) is 0 Å². The summed E-state index contributed by atoms with van der Waals surface area (Å²) < 4.78 is 5.14. The monoisotopic (exact) mass is 379 g/mol. The van der Waals surface area contributed by atoms with Gasteiger partial charge in [0.2, 0.25) is 5.78 Å². The summed E-state index contributed by atoms with van der Waals surface area (Å²) in [5, 5.41) is 11.0. The number of hydrogen-bond acceptors (Lipinski definition) is 4. The molecular weight excluding hydrogens is 365 g/mol. The summed E-state index contributed by atoms with van der Waals surface area (Å²) in [6.07, 6.45) is 2.03. The molecule has 0 spiro atoms. The minimum absolute atomic E-state index is 0.0215. The number of halogens is 2. The van der Waals surface area contributed by atoms with Crippen LogP contribution in [0.15, 0.2) is 52.3 Å². The van der Waals surface area contributed by atoms with E-state index < -0.39 is 23.5 Å². The summed E-state index contributed by atoms with van der Waals surface area (Å²) in [7, 11) is 0. The predicted octanol–water partition coefficient (Wildman–Crippen LogP) is 4.57. The minimum Gasteiger partial charge on any atom is -0.503 e. The van der Waals surface area contributed by atoms with E-state index in [9.17, 15) is 14.7 Å². The van der Waals surface area contributed by atoms with Gasteiger partial charge in [0.05, 0.1) is 27.9 Å². The van der Waals surface area contributed by atoms with Crippen LogP contribution in [0.2, 0.25) is 10.0 Å². The first-order chi connectivity index (χ1) is 12.0. The third kappa shape index (κ3) is 3.05. The van der Waals surface area contributed by atoms with Crippen LogP contribution in [0.25, 0.3) is 0 Å². The summed E-state index contributed by atoms with van der Waals surface area (Å²) >= 11 is 12.1. The molecule has 1 N–H and O–H groups in total. The highest BCUT2D eigenvalue weighted by molar-refractivity contribution is 6.42. The molecule has 1 aliphatic heterocycles. The maximum atomic E-state index is 12.8. The summed E-state index contributed by atoms with van der Waals surface area (Å²) in [6, 6.07) is 7.18. The molecule has 3 rings (SSSR count). The molecule has 0 saturated heterocycles. The second-order valence-corrected chi connectivity index (χ2v) is 6.46. The maximum Gasteiger partial charge on any atom is 0.290 e. The molecule has 1 amide bonds. The van der Waals surface area contributed by atoms with Crippen molar-refractivity contribution in [3.63, 3.8) is 0 Å². The van der Waals surface area contributed by atoms with Gasteiger partial charge in [-0.15, -0.1) is 0 Å². The van der Waals surface area contributed by atoms with Gasteiger partial charge in [0.1, 0.15) is 0 Å². The van der Waals surface area contributed by atoms with Crippen LogP contribution in [0.4, 0.5) is 0 Å². The molecule has 25 heavy (non-hydrogen) atoms. The number of amides is 1. The van der Waals surface area contributed by atoms with Gasteiger partial charge in [-0.05, 0) is 36.2 Å². The van der Waals surface area contributed by atoms with Gasteiger partial charge in [-0.2, -0.15) is 0 Å². The van der Waals surface area contributed by atoms with E-state index in [1.807, 2.05) is 6.92 Å². The Morgan fingerprint density at radius 1 is 1.28 bits per heavy atom. The van der Waals surface area contributed by atoms with Crippen molar-refractivity contribution in [2.24, 2.45) is 0 Å². The maximum absolute atomic E-state index is 12.8. The molecule has 0 fully saturated rings. The molecule has 0 saturated carbocycles. The van der Waals surface area contributed by atoms with Crippen molar-refractivity contribution in [2.45, 2.75) is 19.4 Å². The number of carbonyl (C=O) groups excluding carboxylic acids is 2. The fourth-order valence-corrected chi connectivity index (χ4v) is 3.23. The van der Waals surface area contributed by atoms with Crippen LogP contribution in [0.5, 0.6) is 0 Å². The molecule has 1 aliphatic rings. The lowest BCUT2D eigenvalue weighted by molar-refractivity contribution is -0.129. The molecule has 5 nitrogen and oxygen atoms in total. The molecular formula is C18H15Cl2NO4. The van der Waals surface area contributed by atoms with Gasteiger partial charge in [0, 0.05) is 6.54 Å². The van der Waals surface area contributed by atoms with Gasteiger partial charge in [-0.25, -0.2) is 0 Å². The Morgan fingerprint density at radius 3 is 2.64 bits per heavy atom. The molecule has 0 radical (unpaired) electrons. The van der Waals surface area contributed by atoms with Gasteiger partial charge >= 0.3 is 0 Å². The Bertz CT molecular complexity index is 858. The largest absolute Gasteiger partial charge is 0.503 e. The minimum atomic E-state index is -0.750. The van der Waals surface area contributed by atoms with Crippen LogP contribution < -0.4 is 0 Å². The van der Waals surface area contributed by atoms with Crippen molar-refractivity contribution in [1.29, 1.82) is 0 Å². The Kier molecular flexibility index (Phi) is 4.88. The summed E-state index contributed by atoms with van der Waals surface area (Å²) in [4.78, 5) is 26.7. The highest BCUT2D eigenvalue weighted by Gasteiger charge is 2.44. The zero-order chi connectivity index (χ0) is 18.1. The Labute approximate surface area is 154 Å². The number of rotatable bonds is 5. The number of Topliss-reactive ketones (excluding diaryl/α,β-unsaturated/α-hetero) is 1. The fraction of sp³-hybridized carbons (Fsp3) is 0.222. The number of hydrogen-bond donors (Lipinski definition) is 1. The van der Waals surface area contributed by atoms with Crippen molar-refractivity contribution < 1.29 is 19.1 Å². The molecule has 1 unspecified atom stereocenters. The van der Waals surface area contributed by atoms with Crippen LogP contribution in [-0.2, 0) is 4.79 Å². The third-order valence-electron chi connectivity index (χ3n) is 4.02. The predicted molar refractivity (Wildman–Crippen MR) is 93.9 cm³/mol. The van der Waals surface area contributed by atoms with E-state index in [0.29, 0.717) is 28.6 Å². The fourth-order valence-electron chi connectivity index (χ4n) is 2.93. The molecule has 2 heterocycles. The Morgan fingerprint density at radius 2 is 2.04 bits per heavy atom. The average Bonchev–Trinajstić information content (AvgIpc) is 3.20. The van der Waals surface area contributed by atoms with Crippen LogP contribution in [-0.4, -0.2) is 28.2 Å². The van der Waals surface area contributed by atoms with Gasteiger partial charge in [0.15, 0.2) is 11.5 Å². The van der Waals surface area contributed by atoms with E-state index in [0.717, 1.165) is 0 Å². The lowest BCUT2D eigenvalue weighted by atomic mass is 9.95. The van der Waals surface area contributed by atoms with E-state index in [-0.39, 0.29) is 11.3 Å². The summed E-state index contributed by atoms with van der Waals surface area (Å²) in [5.74, 6) is -1.64. The average molecular weight is 380 g/mol. The number of benzene rings is 1. The van der Waals surface area contributed by atoms with Crippen molar-refractivity contribution in [1.82, 2.24) is 4.90 Å². The van der Waals surface area contributed by atoms with Gasteiger partial charge in [-0.3, -0.25) is 9.59 Å². The lowest BCUT2D eigenvalue weighted by Crippen LogP contribution is -2.31. The molecule has 0 aliphatic carbocycles. The second kappa shape index (κ2) is 6.94. The van der Waals surface area contributed by atoms with Crippen molar-refractivity contribution >= 4 is 34.9 Å². The highest BCUT2D eigenvalue weighted by Crippen LogP contribution is 2.40. The zero-order valence-electron chi connectivity index (χ0n) is 13.3. The Hall–Kier alpha value is -2.24. The number of aliphatic hydroxyl groups is 1. The lowest BCUT2D eigenvalue weighted by Gasteiger charge is -2.26. The number of ketones is 1. The van der Waals surface area contributed by atoms with Crippen LogP contribution in [0.3, 0.4) is 0 Å². The van der Waals surface area contributed by atoms with E-state index in [1.165, 1.54) is 17.2 Å². The first-order valence-corrected chi connectivity index (χ1v) is 8.48. The molecule has 0 bridgehead atoms. The second-order valence-electron chi connectivity index (χ2n) is 5.64. The molecule has 1 aromatic carbocycles. The standard InChI is InChI=1S/C18H15Cl2NO4/c1-2-7-21-15(10-5-6-11(19)12(20)9-10)14(17(23)18(21)24)16(22)13-4-3-8-25-13/h3-6,8-9,15,23H,2,7H2,1H3. The van der Waals surface area contributed by atoms with Crippen LogP contribution >= 0.6 is 23.2 Å². The quantitative estimate of drug-likeness (QED) is 0.772. The molecule has 1 aromatic heterocycles. The van der Waals surface area contributed by atoms with Crippen LogP contribution in [0.1, 0.15) is 35.5 Å². The highest BCUT2D eigenvalue weighted by atomic mass is 35.5. The van der Waals surface area contributed by atoms with Crippen molar-refractivity contribution in [2.75, 3.05) is 6.54 Å². The number of carbonyl (C=O) groups is 2. The normalized spacial score (nSPS) is 17.5. The van der Waals surface area contributed by atoms with Gasteiger partial charge < -0.3 is 14.4 Å². The van der Waals surface area contributed by atoms with Crippen LogP contribution in [0, 0.1) is 0 Å². The van der Waals surface area contributed by atoms with Gasteiger partial charge in [-0.1, -0.05) is 36.2 Å². The third-order valence-corrected chi connectivity index (χ3v) is 4.76. The zero-order valence-corrected chi connectivity index (χ0v) is 14.8. The van der Waals surface area contributed by atoms with Crippen molar-refractivity contribution in [3.8, 4) is 0 Å². The SMILES string of the molecule is CCCN1C(=O)C(O)=C(C(=O)c2ccco2)C1c1ccc(Cl)c(Cl)c1. The molecule has 2 aromatic rings. The smallest absolute Gasteiger partial charge is 0.290 e. The summed E-state index contributed by atoms with van der Waals surface area (Å²) in [6.45, 7) is 2.28. The number of aliphatic hydroxyl groups excluding tert-OH is 1. The van der Waals surface area contributed by atoms with E-state index in [4.69, 9.17) is 27.6 Å². The van der Waals surface area contributed by atoms with Crippen molar-refractivity contribution in [3.05, 3.63) is 69.3 Å². The topological polar surface area (TPSA) is 70.8 Å². The molecule has 1 atom stereocenters. The van der Waals surface area contributed by atoms with E-state index >= 15 is 0 Å². The van der Waals surface area contributed by atoms with E-state index in [1.54, 1.807) is 24.3 Å². The number of furan rings is 1. The first kappa shape index (κ1) is 17.6. The Balaban J connectivity index is 2.13. The molecule has 7 heteroatoms. The summed E-state index contributed by atoms with van der Waals surface area (Å²) in [5.41, 5.74) is 0.571. The molecule has 130 valence electrons. The number of nitrogens with zero attached hydrogens (tertiary/aromatic N) is 1. The first-order valence-electron chi connectivity index (χ1n) is 7.73.